The van der Waals surface area contributed by atoms with Crippen LogP contribution < -0.4 is 0 Å². The smallest absolute Gasteiger partial charge is 0.326 e. The van der Waals surface area contributed by atoms with E-state index in [1.54, 1.807) is 24.3 Å². The molecule has 0 spiro atoms. The van der Waals surface area contributed by atoms with E-state index in [4.69, 9.17) is 11.6 Å². The van der Waals surface area contributed by atoms with Gasteiger partial charge in [0.25, 0.3) is 0 Å². The molecule has 1 saturated heterocycles. The van der Waals surface area contributed by atoms with E-state index >= 15 is 0 Å². The van der Waals surface area contributed by atoms with Gasteiger partial charge in [-0.3, -0.25) is 9.59 Å². The maximum Gasteiger partial charge on any atom is 0.326 e. The number of carboxylic acid groups (broad SMARTS) is 1. The molecule has 3 heterocycles. The van der Waals surface area contributed by atoms with Crippen molar-refractivity contribution in [2.24, 2.45) is 5.92 Å². The topological polar surface area (TPSA) is 103 Å². The third-order valence-corrected chi connectivity index (χ3v) is 6.23. The number of rotatable bonds is 7. The Labute approximate surface area is 194 Å². The van der Waals surface area contributed by atoms with Crippen LogP contribution in [0.4, 0.5) is 4.39 Å². The van der Waals surface area contributed by atoms with Crippen molar-refractivity contribution in [2.75, 3.05) is 6.54 Å². The minimum Gasteiger partial charge on any atom is -0.480 e. The van der Waals surface area contributed by atoms with Crippen molar-refractivity contribution in [1.29, 1.82) is 0 Å². The fourth-order valence-electron chi connectivity index (χ4n) is 4.33. The van der Waals surface area contributed by atoms with Gasteiger partial charge in [0.05, 0.1) is 17.4 Å². The molecule has 0 bridgehead atoms. The highest BCUT2D eigenvalue weighted by Gasteiger charge is 2.36. The minimum absolute atomic E-state index is 0.118. The van der Waals surface area contributed by atoms with Gasteiger partial charge < -0.3 is 15.0 Å². The maximum absolute atomic E-state index is 13.5. The second kappa shape index (κ2) is 9.70. The highest BCUT2D eigenvalue weighted by atomic mass is 35.5. The van der Waals surface area contributed by atoms with Crippen molar-refractivity contribution in [2.45, 2.75) is 38.1 Å². The van der Waals surface area contributed by atoms with Gasteiger partial charge in [0.2, 0.25) is 5.91 Å². The van der Waals surface area contributed by atoms with Gasteiger partial charge in [-0.2, -0.15) is 0 Å². The second-order valence-corrected chi connectivity index (χ2v) is 8.70. The number of ketones is 1. The predicted octanol–water partition coefficient (Wildman–Crippen LogP) is 4.25. The molecule has 33 heavy (non-hydrogen) atoms. The summed E-state index contributed by atoms with van der Waals surface area (Å²) in [5.74, 6) is -2.89. The number of carboxylic acids is 1. The average Bonchev–Trinajstić information content (AvgIpc) is 3.23. The number of carbonyl (C=O) groups excluding carboxylic acids is 2. The van der Waals surface area contributed by atoms with Crippen LogP contribution in [0.1, 0.15) is 41.7 Å². The molecule has 2 atom stereocenters. The SMILES string of the molecule is O=C(C[C@@H](Cc1ccc(F)cc1)C(=O)N1CCCCC1C(=O)O)c1cc2cc(Cl)ncc2[nH]1. The van der Waals surface area contributed by atoms with Gasteiger partial charge in [-0.1, -0.05) is 23.7 Å². The Morgan fingerprint density at radius 3 is 2.70 bits per heavy atom. The van der Waals surface area contributed by atoms with E-state index in [1.807, 2.05) is 0 Å². The van der Waals surface area contributed by atoms with Gasteiger partial charge in [0, 0.05) is 24.3 Å². The Bertz CT molecular complexity index is 1190. The van der Waals surface area contributed by atoms with Crippen LogP contribution in [-0.2, 0) is 16.0 Å². The van der Waals surface area contributed by atoms with E-state index in [0.29, 0.717) is 41.3 Å². The number of H-pyrrole nitrogens is 1. The zero-order valence-corrected chi connectivity index (χ0v) is 18.5. The normalized spacial score (nSPS) is 17.2. The van der Waals surface area contributed by atoms with Crippen molar-refractivity contribution in [3.8, 4) is 0 Å². The summed E-state index contributed by atoms with van der Waals surface area (Å²) in [5.41, 5.74) is 1.66. The van der Waals surface area contributed by atoms with Crippen LogP contribution in [0.2, 0.25) is 5.15 Å². The molecule has 172 valence electrons. The lowest BCUT2D eigenvalue weighted by atomic mass is 9.90. The number of aliphatic carboxylic acids is 1. The third kappa shape index (κ3) is 5.22. The van der Waals surface area contributed by atoms with Crippen molar-refractivity contribution in [1.82, 2.24) is 14.9 Å². The number of aromatic amines is 1. The van der Waals surface area contributed by atoms with E-state index in [-0.39, 0.29) is 24.5 Å². The molecule has 7 nitrogen and oxygen atoms in total. The first-order valence-corrected chi connectivity index (χ1v) is 11.1. The Morgan fingerprint density at radius 2 is 1.97 bits per heavy atom. The molecule has 0 saturated carbocycles. The monoisotopic (exact) mass is 471 g/mol. The Hall–Kier alpha value is -3.26. The van der Waals surface area contributed by atoms with Crippen LogP contribution in [0, 0.1) is 11.7 Å². The van der Waals surface area contributed by atoms with Crippen molar-refractivity contribution in [3.63, 3.8) is 0 Å². The largest absolute Gasteiger partial charge is 0.480 e. The zero-order valence-electron chi connectivity index (χ0n) is 17.8. The van der Waals surface area contributed by atoms with Crippen LogP contribution in [0.5, 0.6) is 0 Å². The first-order valence-electron chi connectivity index (χ1n) is 10.8. The summed E-state index contributed by atoms with van der Waals surface area (Å²) in [5, 5.41) is 10.6. The van der Waals surface area contributed by atoms with Gasteiger partial charge in [-0.25, -0.2) is 14.2 Å². The molecule has 1 fully saturated rings. The summed E-state index contributed by atoms with van der Waals surface area (Å²) in [6.07, 6.45) is 3.43. The first kappa shape index (κ1) is 22.9. The summed E-state index contributed by atoms with van der Waals surface area (Å²) in [7, 11) is 0. The number of pyridine rings is 1. The standard InChI is InChI=1S/C24H23ClFN3O4/c25-22-12-15-10-18(28-19(15)13-27-22)21(30)11-16(9-14-4-6-17(26)7-5-14)23(31)29-8-2-1-3-20(29)24(32)33/h4-7,10,12-13,16,20,28H,1-3,8-9,11H2,(H,32,33)/t16-,20?/m1/s1. The highest BCUT2D eigenvalue weighted by molar-refractivity contribution is 6.30. The summed E-state index contributed by atoms with van der Waals surface area (Å²) in [6, 6.07) is 8.13. The zero-order chi connectivity index (χ0) is 23.5. The van der Waals surface area contributed by atoms with Crippen LogP contribution >= 0.6 is 11.6 Å². The van der Waals surface area contributed by atoms with E-state index in [2.05, 4.69) is 9.97 Å². The summed E-state index contributed by atoms with van der Waals surface area (Å²) in [6.45, 7) is 0.334. The van der Waals surface area contributed by atoms with Gasteiger partial charge in [-0.15, -0.1) is 0 Å². The molecule has 9 heteroatoms. The number of nitrogens with zero attached hydrogens (tertiary/aromatic N) is 2. The molecule has 0 radical (unpaired) electrons. The van der Waals surface area contributed by atoms with E-state index < -0.39 is 23.7 Å². The second-order valence-electron chi connectivity index (χ2n) is 8.31. The van der Waals surface area contributed by atoms with Crippen molar-refractivity contribution < 1.29 is 23.9 Å². The Morgan fingerprint density at radius 1 is 1.21 bits per heavy atom. The molecule has 1 aliphatic heterocycles. The fraction of sp³-hybridized carbons (Fsp3) is 0.333. The molecular weight excluding hydrogens is 449 g/mol. The van der Waals surface area contributed by atoms with E-state index in [9.17, 15) is 23.9 Å². The van der Waals surface area contributed by atoms with Gasteiger partial charge in [-0.05, 0) is 55.5 Å². The quantitative estimate of drug-likeness (QED) is 0.396. The van der Waals surface area contributed by atoms with Crippen molar-refractivity contribution >= 4 is 40.2 Å². The number of benzene rings is 1. The molecule has 2 aromatic heterocycles. The summed E-state index contributed by atoms with van der Waals surface area (Å²) in [4.78, 5) is 46.7. The third-order valence-electron chi connectivity index (χ3n) is 6.02. The minimum atomic E-state index is -1.05. The summed E-state index contributed by atoms with van der Waals surface area (Å²) < 4.78 is 13.4. The number of nitrogens with one attached hydrogen (secondary N) is 1. The van der Waals surface area contributed by atoms with Crippen LogP contribution in [-0.4, -0.2) is 50.2 Å². The van der Waals surface area contributed by atoms with Gasteiger partial charge in [0.1, 0.15) is 17.0 Å². The number of likely N-dealkylation sites (tertiary alicyclic amines) is 1. The molecule has 1 aliphatic rings. The molecular formula is C24H23ClFN3O4. The lowest BCUT2D eigenvalue weighted by molar-refractivity contribution is -0.153. The number of Topliss-reactive ketones (excluding diaryl/α,β-unsaturated/α-hetero) is 1. The molecule has 1 aromatic carbocycles. The molecule has 3 aromatic rings. The molecule has 1 amide bonds. The summed E-state index contributed by atoms with van der Waals surface area (Å²) >= 11 is 5.93. The number of piperidine rings is 1. The fourth-order valence-corrected chi connectivity index (χ4v) is 4.49. The Balaban J connectivity index is 1.60. The van der Waals surface area contributed by atoms with Crippen LogP contribution in [0.25, 0.3) is 10.9 Å². The molecule has 4 rings (SSSR count). The van der Waals surface area contributed by atoms with E-state index in [0.717, 1.165) is 11.8 Å². The number of hydrogen-bond donors (Lipinski definition) is 2. The maximum atomic E-state index is 13.5. The number of carbonyl (C=O) groups is 3. The lowest BCUT2D eigenvalue weighted by Crippen LogP contribution is -2.50. The lowest BCUT2D eigenvalue weighted by Gasteiger charge is -2.35. The van der Waals surface area contributed by atoms with Crippen molar-refractivity contribution in [3.05, 3.63) is 64.8 Å². The van der Waals surface area contributed by atoms with Gasteiger partial charge in [0.15, 0.2) is 5.78 Å². The van der Waals surface area contributed by atoms with Gasteiger partial charge >= 0.3 is 5.97 Å². The molecule has 0 aliphatic carbocycles. The Kier molecular flexibility index (Phi) is 6.74. The number of fused-ring (bicyclic) bond motifs is 1. The number of amides is 1. The molecule has 1 unspecified atom stereocenters. The average molecular weight is 472 g/mol. The van der Waals surface area contributed by atoms with Crippen LogP contribution in [0.3, 0.4) is 0 Å². The predicted molar refractivity (Wildman–Crippen MR) is 121 cm³/mol. The molecule has 2 N–H and O–H groups in total. The highest BCUT2D eigenvalue weighted by Crippen LogP contribution is 2.26. The number of hydrogen-bond acceptors (Lipinski definition) is 4. The van der Waals surface area contributed by atoms with E-state index in [1.165, 1.54) is 23.2 Å². The first-order chi connectivity index (χ1) is 15.8. The number of halogens is 2. The number of aromatic nitrogens is 2. The van der Waals surface area contributed by atoms with Crippen LogP contribution in [0.15, 0.2) is 42.6 Å².